The van der Waals surface area contributed by atoms with Crippen LogP contribution in [0, 0.1) is 0 Å². The highest BCUT2D eigenvalue weighted by molar-refractivity contribution is 7.92. The van der Waals surface area contributed by atoms with Crippen molar-refractivity contribution in [1.29, 1.82) is 0 Å². The molecule has 0 saturated carbocycles. The van der Waals surface area contributed by atoms with Crippen LogP contribution in [0.4, 0.5) is 5.69 Å². The molecule has 1 atom stereocenters. The quantitative estimate of drug-likeness (QED) is 0.866. The van der Waals surface area contributed by atoms with E-state index >= 15 is 0 Å². The Hall–Kier alpha value is -1.12. The first-order chi connectivity index (χ1) is 9.14. The largest absolute Gasteiger partial charge is 0.284 e. The zero-order valence-electron chi connectivity index (χ0n) is 11.4. The van der Waals surface area contributed by atoms with Gasteiger partial charge in [0, 0.05) is 11.7 Å². The lowest BCUT2D eigenvalue weighted by molar-refractivity contribution is 0.510. The van der Waals surface area contributed by atoms with Gasteiger partial charge >= 0.3 is 0 Å². The highest BCUT2D eigenvalue weighted by atomic mass is 32.2. The van der Waals surface area contributed by atoms with Crippen molar-refractivity contribution in [2.75, 3.05) is 17.2 Å². The summed E-state index contributed by atoms with van der Waals surface area (Å²) in [4.78, 5) is 0. The molecule has 0 spiro atoms. The number of benzene rings is 1. The van der Waals surface area contributed by atoms with E-state index in [0.717, 1.165) is 36.5 Å². The first kappa shape index (κ1) is 15.3. The first-order valence-electron chi connectivity index (χ1n) is 6.22. The summed E-state index contributed by atoms with van der Waals surface area (Å²) < 4.78 is 50.3. The van der Waals surface area contributed by atoms with Gasteiger partial charge in [-0.1, -0.05) is 6.07 Å². The zero-order valence-corrected chi connectivity index (χ0v) is 13.0. The number of sulfonamides is 2. The van der Waals surface area contributed by atoms with Gasteiger partial charge in [0.2, 0.25) is 20.0 Å². The molecule has 0 aliphatic heterocycles. The molecule has 1 aliphatic carbocycles. The van der Waals surface area contributed by atoms with Crippen LogP contribution < -0.4 is 9.44 Å². The predicted octanol–water partition coefficient (Wildman–Crippen LogP) is 0.985. The summed E-state index contributed by atoms with van der Waals surface area (Å²) in [6.45, 7) is 0. The Labute approximate surface area is 119 Å². The SMILES string of the molecule is CS(=O)(=O)Nc1ccc2c(c1)C(NS(C)(=O)=O)CCC2. The zero-order chi connectivity index (χ0) is 15.0. The third-order valence-corrected chi connectivity index (χ3v) is 4.44. The van der Waals surface area contributed by atoms with E-state index in [4.69, 9.17) is 0 Å². The van der Waals surface area contributed by atoms with Crippen molar-refractivity contribution in [1.82, 2.24) is 4.72 Å². The second-order valence-electron chi connectivity index (χ2n) is 5.12. The van der Waals surface area contributed by atoms with Crippen LogP contribution in [0.15, 0.2) is 18.2 Å². The van der Waals surface area contributed by atoms with E-state index in [1.165, 1.54) is 0 Å². The molecule has 1 aromatic carbocycles. The molecule has 1 aromatic rings. The molecule has 112 valence electrons. The average molecular weight is 318 g/mol. The summed E-state index contributed by atoms with van der Waals surface area (Å²) >= 11 is 0. The molecule has 0 saturated heterocycles. The van der Waals surface area contributed by atoms with Crippen LogP contribution in [0.3, 0.4) is 0 Å². The van der Waals surface area contributed by atoms with Crippen LogP contribution in [0.25, 0.3) is 0 Å². The molecule has 20 heavy (non-hydrogen) atoms. The van der Waals surface area contributed by atoms with Crippen LogP contribution in [-0.4, -0.2) is 29.3 Å². The number of anilines is 1. The molecule has 6 nitrogen and oxygen atoms in total. The molecule has 1 unspecified atom stereocenters. The van der Waals surface area contributed by atoms with Gasteiger partial charge in [-0.15, -0.1) is 0 Å². The van der Waals surface area contributed by atoms with Crippen molar-refractivity contribution in [2.24, 2.45) is 0 Å². The minimum absolute atomic E-state index is 0.296. The maximum absolute atomic E-state index is 11.4. The van der Waals surface area contributed by atoms with E-state index in [2.05, 4.69) is 9.44 Å². The Kier molecular flexibility index (Phi) is 4.08. The minimum Gasteiger partial charge on any atom is -0.284 e. The fourth-order valence-corrected chi connectivity index (χ4v) is 3.77. The predicted molar refractivity (Wildman–Crippen MR) is 78.6 cm³/mol. The van der Waals surface area contributed by atoms with Crippen LogP contribution in [0.2, 0.25) is 0 Å². The van der Waals surface area contributed by atoms with Crippen molar-refractivity contribution < 1.29 is 16.8 Å². The molecular weight excluding hydrogens is 300 g/mol. The number of rotatable bonds is 4. The van der Waals surface area contributed by atoms with Crippen LogP contribution in [0.5, 0.6) is 0 Å². The Morgan fingerprint density at radius 1 is 1.10 bits per heavy atom. The summed E-state index contributed by atoms with van der Waals surface area (Å²) in [5, 5.41) is 0. The van der Waals surface area contributed by atoms with Crippen molar-refractivity contribution in [2.45, 2.75) is 25.3 Å². The molecular formula is C12H18N2O4S2. The number of fused-ring (bicyclic) bond motifs is 1. The molecule has 0 aromatic heterocycles. The minimum atomic E-state index is -3.34. The van der Waals surface area contributed by atoms with Gasteiger partial charge in [0.15, 0.2) is 0 Å². The maximum Gasteiger partial charge on any atom is 0.229 e. The van der Waals surface area contributed by atoms with Gasteiger partial charge in [0.05, 0.1) is 12.5 Å². The molecule has 0 amide bonds. The van der Waals surface area contributed by atoms with E-state index in [0.29, 0.717) is 12.1 Å². The fourth-order valence-electron chi connectivity index (χ4n) is 2.46. The van der Waals surface area contributed by atoms with Gasteiger partial charge in [-0.3, -0.25) is 4.72 Å². The second-order valence-corrected chi connectivity index (χ2v) is 8.65. The average Bonchev–Trinajstić information content (AvgIpc) is 2.26. The summed E-state index contributed by atoms with van der Waals surface area (Å²) in [5.41, 5.74) is 2.35. The smallest absolute Gasteiger partial charge is 0.229 e. The van der Waals surface area contributed by atoms with E-state index < -0.39 is 20.0 Å². The second kappa shape index (κ2) is 5.34. The summed E-state index contributed by atoms with van der Waals surface area (Å²) in [6, 6.07) is 4.95. The Morgan fingerprint density at radius 2 is 1.80 bits per heavy atom. The topological polar surface area (TPSA) is 92.3 Å². The van der Waals surface area contributed by atoms with E-state index in [1.807, 2.05) is 6.07 Å². The molecule has 2 rings (SSSR count). The third kappa shape index (κ3) is 4.19. The van der Waals surface area contributed by atoms with Crippen molar-refractivity contribution in [3.63, 3.8) is 0 Å². The lowest BCUT2D eigenvalue weighted by Gasteiger charge is -2.26. The van der Waals surface area contributed by atoms with Crippen LogP contribution in [0.1, 0.15) is 30.0 Å². The Morgan fingerprint density at radius 3 is 2.40 bits per heavy atom. The standard InChI is InChI=1S/C12H18N2O4S2/c1-19(15,16)13-10-7-6-9-4-3-5-12(11(9)8-10)14-20(2,17)18/h6-8,12-14H,3-5H2,1-2H3. The van der Waals surface area contributed by atoms with Crippen molar-refractivity contribution >= 4 is 25.7 Å². The van der Waals surface area contributed by atoms with Crippen LogP contribution >= 0.6 is 0 Å². The van der Waals surface area contributed by atoms with E-state index in [-0.39, 0.29) is 6.04 Å². The van der Waals surface area contributed by atoms with Crippen molar-refractivity contribution in [3.8, 4) is 0 Å². The lowest BCUT2D eigenvalue weighted by Crippen LogP contribution is -2.30. The normalized spacial score (nSPS) is 19.4. The van der Waals surface area contributed by atoms with Gasteiger partial charge in [0.1, 0.15) is 0 Å². The highest BCUT2D eigenvalue weighted by Crippen LogP contribution is 2.32. The lowest BCUT2D eigenvalue weighted by atomic mass is 9.88. The third-order valence-electron chi connectivity index (χ3n) is 3.12. The van der Waals surface area contributed by atoms with Gasteiger partial charge in [-0.25, -0.2) is 21.6 Å². The fraction of sp³-hybridized carbons (Fsp3) is 0.500. The molecule has 0 heterocycles. The van der Waals surface area contributed by atoms with Crippen molar-refractivity contribution in [3.05, 3.63) is 29.3 Å². The maximum atomic E-state index is 11.4. The van der Waals surface area contributed by atoms with E-state index in [1.54, 1.807) is 12.1 Å². The molecule has 8 heteroatoms. The molecule has 0 fully saturated rings. The number of hydrogen-bond donors (Lipinski definition) is 2. The summed E-state index contributed by atoms with van der Waals surface area (Å²) in [6.07, 6.45) is 4.69. The molecule has 0 radical (unpaired) electrons. The van der Waals surface area contributed by atoms with E-state index in [9.17, 15) is 16.8 Å². The Bertz CT molecular complexity index is 711. The van der Waals surface area contributed by atoms with Gasteiger partial charge in [0.25, 0.3) is 0 Å². The first-order valence-corrected chi connectivity index (χ1v) is 10.0. The van der Waals surface area contributed by atoms with Crippen LogP contribution in [-0.2, 0) is 26.5 Å². The highest BCUT2D eigenvalue weighted by Gasteiger charge is 2.23. The molecule has 0 bridgehead atoms. The summed E-state index contributed by atoms with van der Waals surface area (Å²) in [5.74, 6) is 0. The monoisotopic (exact) mass is 318 g/mol. The van der Waals surface area contributed by atoms with Gasteiger partial charge < -0.3 is 0 Å². The van der Waals surface area contributed by atoms with Gasteiger partial charge in [-0.2, -0.15) is 0 Å². The molecule has 1 aliphatic rings. The van der Waals surface area contributed by atoms with Gasteiger partial charge in [-0.05, 0) is 42.5 Å². The Balaban J connectivity index is 2.36. The molecule has 2 N–H and O–H groups in total. The number of hydrogen-bond acceptors (Lipinski definition) is 4. The summed E-state index contributed by atoms with van der Waals surface area (Å²) in [7, 11) is -6.65. The number of aryl methyl sites for hydroxylation is 1. The number of nitrogens with one attached hydrogen (secondary N) is 2.